The molecule has 0 saturated heterocycles. The zero-order chi connectivity index (χ0) is 31.9. The van der Waals surface area contributed by atoms with E-state index in [9.17, 15) is 0 Å². The van der Waals surface area contributed by atoms with Crippen molar-refractivity contribution in [1.82, 2.24) is 19.9 Å². The average Bonchev–Trinajstić information content (AvgIpc) is 2.97. The number of nitrogens with zero attached hydrogens (tertiary/aromatic N) is 4. The minimum Gasteiger partial charge on any atom is -0.370 e. The SMILES string of the molecule is NOCCCNc1cc(Cc2c(Cl)cccc2Cl)nc(Cl)n1.NOCCCNc1nc(Cl)cc(Cc2c(Cl)cccc2Cl)n1. The van der Waals surface area contributed by atoms with Crippen molar-refractivity contribution >= 4 is 81.4 Å². The highest BCUT2D eigenvalue weighted by Crippen LogP contribution is 2.28. The van der Waals surface area contributed by atoms with E-state index in [1.165, 1.54) is 0 Å². The summed E-state index contributed by atoms with van der Waals surface area (Å²) in [5.41, 5.74) is 3.08. The van der Waals surface area contributed by atoms with Gasteiger partial charge in [0.1, 0.15) is 11.0 Å². The van der Waals surface area contributed by atoms with Crippen molar-refractivity contribution in [3.05, 3.63) is 102 Å². The van der Waals surface area contributed by atoms with E-state index in [1.807, 2.05) is 6.07 Å². The first-order chi connectivity index (χ1) is 21.2. The molecule has 0 aliphatic rings. The number of benzene rings is 2. The van der Waals surface area contributed by atoms with Gasteiger partial charge in [0.25, 0.3) is 0 Å². The summed E-state index contributed by atoms with van der Waals surface area (Å²) in [7, 11) is 0. The summed E-state index contributed by atoms with van der Waals surface area (Å²) in [5.74, 6) is 11.0. The van der Waals surface area contributed by atoms with Crippen LogP contribution in [-0.4, -0.2) is 46.2 Å². The van der Waals surface area contributed by atoms with Crippen LogP contribution >= 0.6 is 69.6 Å². The molecule has 6 N–H and O–H groups in total. The van der Waals surface area contributed by atoms with Gasteiger partial charge in [-0.05, 0) is 65.9 Å². The average molecular weight is 723 g/mol. The number of rotatable bonds is 14. The maximum Gasteiger partial charge on any atom is 0.224 e. The Labute approximate surface area is 285 Å². The lowest BCUT2D eigenvalue weighted by Crippen LogP contribution is -2.11. The Balaban J connectivity index is 0.000000240. The Hall–Kier alpha value is -2.22. The Morgan fingerprint density at radius 1 is 0.614 bits per heavy atom. The first-order valence-corrected chi connectivity index (χ1v) is 15.5. The fourth-order valence-corrected chi connectivity index (χ4v) is 5.24. The summed E-state index contributed by atoms with van der Waals surface area (Å²) in [4.78, 5) is 25.9. The monoisotopic (exact) mass is 720 g/mol. The van der Waals surface area contributed by atoms with E-state index in [1.54, 1.807) is 42.5 Å². The molecule has 16 heteroatoms. The van der Waals surface area contributed by atoms with Crippen molar-refractivity contribution in [2.75, 3.05) is 36.9 Å². The third-order valence-electron chi connectivity index (χ3n) is 5.81. The van der Waals surface area contributed by atoms with E-state index in [0.717, 1.165) is 35.4 Å². The van der Waals surface area contributed by atoms with Crippen LogP contribution in [0.3, 0.4) is 0 Å². The van der Waals surface area contributed by atoms with Gasteiger partial charge in [-0.15, -0.1) is 0 Å². The molecule has 44 heavy (non-hydrogen) atoms. The molecule has 0 amide bonds. The van der Waals surface area contributed by atoms with Crippen molar-refractivity contribution < 1.29 is 9.68 Å². The molecular weight excluding hydrogens is 693 g/mol. The Kier molecular flexibility index (Phi) is 15.9. The maximum absolute atomic E-state index is 6.18. The second-order valence-electron chi connectivity index (χ2n) is 9.08. The number of hydrogen-bond acceptors (Lipinski definition) is 10. The molecule has 2 aromatic heterocycles. The number of nitrogens with two attached hydrogens (primary N) is 2. The molecule has 2 heterocycles. The van der Waals surface area contributed by atoms with Gasteiger partial charge in [0, 0.05) is 52.1 Å². The lowest BCUT2D eigenvalue weighted by Gasteiger charge is -2.09. The highest BCUT2D eigenvalue weighted by Gasteiger charge is 2.11. The lowest BCUT2D eigenvalue weighted by molar-refractivity contribution is 0.137. The zero-order valence-corrected chi connectivity index (χ0v) is 27.8. The van der Waals surface area contributed by atoms with Gasteiger partial charge in [-0.3, -0.25) is 0 Å². The molecule has 0 radical (unpaired) electrons. The van der Waals surface area contributed by atoms with Gasteiger partial charge in [-0.1, -0.05) is 70.1 Å². The molecule has 0 aliphatic carbocycles. The van der Waals surface area contributed by atoms with Crippen LogP contribution in [0.4, 0.5) is 11.8 Å². The summed E-state index contributed by atoms with van der Waals surface area (Å²) in [6.45, 7) is 2.21. The van der Waals surface area contributed by atoms with Gasteiger partial charge >= 0.3 is 0 Å². The highest BCUT2D eigenvalue weighted by atomic mass is 35.5. The largest absolute Gasteiger partial charge is 0.370 e. The number of anilines is 2. The molecule has 236 valence electrons. The topological polar surface area (TPSA) is 146 Å². The molecule has 0 saturated carbocycles. The normalized spacial score (nSPS) is 10.7. The summed E-state index contributed by atoms with van der Waals surface area (Å²) in [6.07, 6.45) is 2.44. The standard InChI is InChI=1S/2C14H15Cl3N4O/c15-11-3-1-4-12(16)10(11)7-9-8-13(21-14(17)20-9)19-5-2-6-22-18;15-11-3-1-4-12(16)10(11)7-9-8-13(17)21-14(20-9)19-5-2-6-22-18/h2*1,3-4,8H,2,5-7,18H2,(H,19,20,21). The molecule has 0 aliphatic heterocycles. The van der Waals surface area contributed by atoms with E-state index in [-0.39, 0.29) is 5.28 Å². The maximum atomic E-state index is 6.18. The fourth-order valence-electron chi connectivity index (χ4n) is 3.77. The predicted octanol–water partition coefficient (Wildman–Crippen LogP) is 7.44. The predicted molar refractivity (Wildman–Crippen MR) is 179 cm³/mol. The molecule has 0 unspecified atom stereocenters. The van der Waals surface area contributed by atoms with Gasteiger partial charge in [0.05, 0.1) is 24.6 Å². The van der Waals surface area contributed by atoms with Gasteiger partial charge in [-0.2, -0.15) is 0 Å². The van der Waals surface area contributed by atoms with E-state index >= 15 is 0 Å². The quantitative estimate of drug-likeness (QED) is 0.0448. The van der Waals surface area contributed by atoms with Crippen LogP contribution in [0.15, 0.2) is 48.5 Å². The van der Waals surface area contributed by atoms with E-state index < -0.39 is 0 Å². The summed E-state index contributed by atoms with van der Waals surface area (Å²) < 4.78 is 0. The number of halogens is 6. The summed E-state index contributed by atoms with van der Waals surface area (Å²) in [6, 6.07) is 14.3. The van der Waals surface area contributed by atoms with Crippen LogP contribution in [0.2, 0.25) is 30.5 Å². The molecule has 0 spiro atoms. The van der Waals surface area contributed by atoms with E-state index in [0.29, 0.717) is 76.2 Å². The van der Waals surface area contributed by atoms with E-state index in [4.69, 9.17) is 81.4 Å². The van der Waals surface area contributed by atoms with Crippen molar-refractivity contribution in [3.63, 3.8) is 0 Å². The van der Waals surface area contributed by atoms with E-state index in [2.05, 4.69) is 40.2 Å². The smallest absolute Gasteiger partial charge is 0.224 e. The molecule has 0 atom stereocenters. The summed E-state index contributed by atoms with van der Waals surface area (Å²) >= 11 is 36.7. The highest BCUT2D eigenvalue weighted by molar-refractivity contribution is 6.36. The van der Waals surface area contributed by atoms with Crippen LogP contribution in [0.1, 0.15) is 35.4 Å². The van der Waals surface area contributed by atoms with Gasteiger partial charge in [0.15, 0.2) is 0 Å². The van der Waals surface area contributed by atoms with Crippen molar-refractivity contribution in [3.8, 4) is 0 Å². The fraction of sp³-hybridized carbons (Fsp3) is 0.286. The lowest BCUT2D eigenvalue weighted by atomic mass is 10.1. The number of hydrogen-bond donors (Lipinski definition) is 4. The zero-order valence-electron chi connectivity index (χ0n) is 23.3. The number of aromatic nitrogens is 4. The summed E-state index contributed by atoms with van der Waals surface area (Å²) in [5, 5.41) is 9.10. The first-order valence-electron chi connectivity index (χ1n) is 13.2. The third-order valence-corrected chi connectivity index (χ3v) is 7.59. The molecule has 0 bridgehead atoms. The van der Waals surface area contributed by atoms with Crippen LogP contribution in [0.25, 0.3) is 0 Å². The van der Waals surface area contributed by atoms with Gasteiger partial charge in [0.2, 0.25) is 11.2 Å². The van der Waals surface area contributed by atoms with Gasteiger partial charge < -0.3 is 20.3 Å². The first kappa shape index (κ1) is 36.3. The molecular formula is C28H30Cl6N8O2. The van der Waals surface area contributed by atoms with Crippen molar-refractivity contribution in [2.45, 2.75) is 25.7 Å². The molecule has 4 aromatic rings. The molecule has 10 nitrogen and oxygen atoms in total. The minimum absolute atomic E-state index is 0.165. The minimum atomic E-state index is 0.165. The van der Waals surface area contributed by atoms with Crippen LogP contribution in [0, 0.1) is 0 Å². The molecule has 0 fully saturated rings. The van der Waals surface area contributed by atoms with Crippen LogP contribution in [0.5, 0.6) is 0 Å². The van der Waals surface area contributed by atoms with Crippen LogP contribution in [-0.2, 0) is 22.5 Å². The Morgan fingerprint density at radius 2 is 1.11 bits per heavy atom. The van der Waals surface area contributed by atoms with Crippen LogP contribution < -0.4 is 22.4 Å². The molecule has 2 aromatic carbocycles. The Bertz CT molecular complexity index is 1350. The third kappa shape index (κ3) is 12.3. The van der Waals surface area contributed by atoms with Crippen molar-refractivity contribution in [2.24, 2.45) is 11.8 Å². The second-order valence-corrected chi connectivity index (χ2v) is 11.4. The molecule has 4 rings (SSSR count). The van der Waals surface area contributed by atoms with Gasteiger partial charge in [-0.25, -0.2) is 31.7 Å². The number of nitrogens with one attached hydrogen (secondary N) is 2. The Morgan fingerprint density at radius 3 is 1.64 bits per heavy atom. The van der Waals surface area contributed by atoms with Crippen molar-refractivity contribution in [1.29, 1.82) is 0 Å². The second kappa shape index (κ2) is 19.3.